The summed E-state index contributed by atoms with van der Waals surface area (Å²) < 4.78 is 31.0. The van der Waals surface area contributed by atoms with Gasteiger partial charge in [0, 0.05) is 13.5 Å². The van der Waals surface area contributed by atoms with Gasteiger partial charge in [0.25, 0.3) is 0 Å². The van der Waals surface area contributed by atoms with Crippen LogP contribution in [-0.4, -0.2) is 50.4 Å². The molecule has 0 aliphatic carbocycles. The van der Waals surface area contributed by atoms with E-state index in [-0.39, 0.29) is 18.8 Å². The maximum absolute atomic E-state index is 14.2. The molecule has 9 nitrogen and oxygen atoms in total. The standard InChI is InChI=1S/C11H15FN5O4P/c1-19-22(18)20-3-6-2-7(12)11(21-6)17-5-16-8-9(13)14-4-15-10(8)17/h4-7,11,18H,2-3H2,1H3,(H2,13,14,15). The summed E-state index contributed by atoms with van der Waals surface area (Å²) >= 11 is 0. The summed E-state index contributed by atoms with van der Waals surface area (Å²) in [5.74, 6) is 0.225. The summed E-state index contributed by atoms with van der Waals surface area (Å²) in [5, 5.41) is 0. The van der Waals surface area contributed by atoms with Crippen molar-refractivity contribution in [2.24, 2.45) is 0 Å². The maximum atomic E-state index is 14.2. The van der Waals surface area contributed by atoms with Gasteiger partial charge in [-0.05, 0) is 0 Å². The molecule has 2 aromatic heterocycles. The van der Waals surface area contributed by atoms with E-state index < -0.39 is 27.1 Å². The molecule has 0 bridgehead atoms. The lowest BCUT2D eigenvalue weighted by molar-refractivity contribution is -0.0329. The number of aromatic nitrogens is 4. The van der Waals surface area contributed by atoms with Gasteiger partial charge >= 0.3 is 8.60 Å². The first-order valence-corrected chi connectivity index (χ1v) is 7.61. The third kappa shape index (κ3) is 2.88. The van der Waals surface area contributed by atoms with E-state index in [4.69, 9.17) is 15.0 Å². The summed E-state index contributed by atoms with van der Waals surface area (Å²) in [6.45, 7) is 0.0384. The number of nitrogens with zero attached hydrogens (tertiary/aromatic N) is 4. The highest BCUT2D eigenvalue weighted by atomic mass is 31.2. The van der Waals surface area contributed by atoms with Crippen LogP contribution in [0.4, 0.5) is 10.2 Å². The third-order valence-corrected chi connectivity index (χ3v) is 4.00. The van der Waals surface area contributed by atoms with E-state index in [0.29, 0.717) is 11.2 Å². The van der Waals surface area contributed by atoms with E-state index in [1.165, 1.54) is 24.3 Å². The number of anilines is 1. The minimum Gasteiger partial charge on any atom is -0.382 e. The lowest BCUT2D eigenvalue weighted by Gasteiger charge is -2.16. The molecule has 11 heteroatoms. The van der Waals surface area contributed by atoms with Crippen LogP contribution in [0.3, 0.4) is 0 Å². The number of imidazole rings is 1. The van der Waals surface area contributed by atoms with Crippen LogP contribution in [0.25, 0.3) is 11.2 Å². The molecule has 4 unspecified atom stereocenters. The van der Waals surface area contributed by atoms with Gasteiger partial charge < -0.3 is 24.4 Å². The number of nitrogen functional groups attached to an aromatic ring is 1. The number of ether oxygens (including phenoxy) is 1. The number of rotatable bonds is 5. The van der Waals surface area contributed by atoms with Crippen LogP contribution >= 0.6 is 8.60 Å². The van der Waals surface area contributed by atoms with Crippen LogP contribution in [0.1, 0.15) is 12.6 Å². The van der Waals surface area contributed by atoms with Gasteiger partial charge in [-0.25, -0.2) is 19.3 Å². The summed E-state index contributed by atoms with van der Waals surface area (Å²) in [6, 6.07) is 0. The lowest BCUT2D eigenvalue weighted by atomic mass is 10.2. The molecule has 0 spiro atoms. The molecule has 3 heterocycles. The highest BCUT2D eigenvalue weighted by Gasteiger charge is 2.38. The van der Waals surface area contributed by atoms with Crippen LogP contribution in [0.15, 0.2) is 12.7 Å². The number of hydrogen-bond donors (Lipinski definition) is 2. The monoisotopic (exact) mass is 331 g/mol. The van der Waals surface area contributed by atoms with Crippen LogP contribution < -0.4 is 5.73 Å². The molecule has 4 atom stereocenters. The van der Waals surface area contributed by atoms with Crippen molar-refractivity contribution in [1.29, 1.82) is 0 Å². The number of hydrogen-bond acceptors (Lipinski definition) is 8. The summed E-state index contributed by atoms with van der Waals surface area (Å²) in [5.41, 5.74) is 6.51. The molecule has 1 aliphatic rings. The maximum Gasteiger partial charge on any atom is 0.329 e. The second-order valence-corrected chi connectivity index (χ2v) is 5.80. The van der Waals surface area contributed by atoms with Gasteiger partial charge in [0.2, 0.25) is 0 Å². The Morgan fingerprint density at radius 2 is 2.36 bits per heavy atom. The van der Waals surface area contributed by atoms with Crippen LogP contribution in [-0.2, 0) is 13.8 Å². The Balaban J connectivity index is 1.75. The van der Waals surface area contributed by atoms with Crippen molar-refractivity contribution in [3.63, 3.8) is 0 Å². The molecule has 1 aliphatic heterocycles. The first-order chi connectivity index (χ1) is 10.6. The summed E-state index contributed by atoms with van der Waals surface area (Å²) in [7, 11) is -0.636. The lowest BCUT2D eigenvalue weighted by Crippen LogP contribution is -2.17. The summed E-state index contributed by atoms with van der Waals surface area (Å²) in [4.78, 5) is 21.2. The number of nitrogens with two attached hydrogens (primary N) is 1. The molecule has 0 saturated carbocycles. The van der Waals surface area contributed by atoms with E-state index in [0.717, 1.165) is 0 Å². The van der Waals surface area contributed by atoms with Gasteiger partial charge in [0.05, 0.1) is 19.0 Å². The fourth-order valence-electron chi connectivity index (χ4n) is 2.31. The zero-order valence-electron chi connectivity index (χ0n) is 11.7. The Morgan fingerprint density at radius 3 is 3.14 bits per heavy atom. The van der Waals surface area contributed by atoms with E-state index in [1.807, 2.05) is 0 Å². The molecule has 22 heavy (non-hydrogen) atoms. The molecule has 1 saturated heterocycles. The first kappa shape index (κ1) is 15.4. The Labute approximate surface area is 126 Å². The van der Waals surface area contributed by atoms with Crippen molar-refractivity contribution in [1.82, 2.24) is 19.5 Å². The molecule has 120 valence electrons. The normalized spacial score (nSPS) is 26.6. The molecular formula is C11H15FN5O4P. The van der Waals surface area contributed by atoms with E-state index in [1.54, 1.807) is 0 Å². The van der Waals surface area contributed by atoms with Gasteiger partial charge in [-0.3, -0.25) is 4.57 Å². The zero-order valence-corrected chi connectivity index (χ0v) is 12.6. The Hall–Kier alpha value is -1.45. The quantitative estimate of drug-likeness (QED) is 0.777. The van der Waals surface area contributed by atoms with Crippen LogP contribution in [0.2, 0.25) is 0 Å². The number of halogens is 1. The van der Waals surface area contributed by atoms with Crippen molar-refractivity contribution >= 4 is 25.6 Å². The second-order valence-electron chi connectivity index (χ2n) is 4.70. The fourth-order valence-corrected chi connectivity index (χ4v) is 2.71. The largest absolute Gasteiger partial charge is 0.382 e. The van der Waals surface area contributed by atoms with Crippen molar-refractivity contribution < 1.29 is 23.1 Å². The topological polar surface area (TPSA) is 118 Å². The highest BCUT2D eigenvalue weighted by Crippen LogP contribution is 2.37. The molecule has 1 fully saturated rings. The van der Waals surface area contributed by atoms with Gasteiger partial charge in [0.1, 0.15) is 18.0 Å². The van der Waals surface area contributed by atoms with E-state index in [9.17, 15) is 9.28 Å². The Kier molecular flexibility index (Phi) is 4.46. The average Bonchev–Trinajstić information content (AvgIpc) is 3.09. The zero-order chi connectivity index (χ0) is 15.7. The summed E-state index contributed by atoms with van der Waals surface area (Å²) in [6.07, 6.45) is 0.220. The molecule has 0 amide bonds. The Morgan fingerprint density at radius 1 is 1.55 bits per heavy atom. The average molecular weight is 331 g/mol. The van der Waals surface area contributed by atoms with Gasteiger partial charge in [-0.1, -0.05) is 0 Å². The fraction of sp³-hybridized carbons (Fsp3) is 0.545. The van der Waals surface area contributed by atoms with Gasteiger partial charge in [-0.2, -0.15) is 0 Å². The van der Waals surface area contributed by atoms with Crippen molar-refractivity contribution in [2.75, 3.05) is 19.5 Å². The van der Waals surface area contributed by atoms with E-state index in [2.05, 4.69) is 19.5 Å². The first-order valence-electron chi connectivity index (χ1n) is 6.48. The number of fused-ring (bicyclic) bond motifs is 1. The molecule has 3 N–H and O–H groups in total. The molecule has 0 aromatic carbocycles. The van der Waals surface area contributed by atoms with Gasteiger partial charge in [-0.15, -0.1) is 0 Å². The minimum absolute atomic E-state index is 0.0384. The van der Waals surface area contributed by atoms with Crippen molar-refractivity contribution in [3.05, 3.63) is 12.7 Å². The minimum atomic E-state index is -1.96. The highest BCUT2D eigenvalue weighted by molar-refractivity contribution is 7.40. The molecule has 0 radical (unpaired) electrons. The third-order valence-electron chi connectivity index (χ3n) is 3.32. The number of alkyl halides is 1. The molecule has 2 aromatic rings. The van der Waals surface area contributed by atoms with Crippen molar-refractivity contribution in [2.45, 2.75) is 24.9 Å². The Bertz CT molecular complexity index is 658. The van der Waals surface area contributed by atoms with Crippen LogP contribution in [0.5, 0.6) is 0 Å². The predicted molar refractivity (Wildman–Crippen MR) is 75.3 cm³/mol. The van der Waals surface area contributed by atoms with Gasteiger partial charge in [0.15, 0.2) is 17.7 Å². The van der Waals surface area contributed by atoms with Crippen molar-refractivity contribution in [3.8, 4) is 0 Å². The predicted octanol–water partition coefficient (Wildman–Crippen LogP) is 0.916. The smallest absolute Gasteiger partial charge is 0.329 e. The SMILES string of the molecule is COP(O)OCC1CC(F)C(n2cnc3c(N)ncnc32)O1. The molecule has 3 rings (SSSR count). The second kappa shape index (κ2) is 6.35. The molecular weight excluding hydrogens is 316 g/mol. The van der Waals surface area contributed by atoms with E-state index >= 15 is 0 Å². The van der Waals surface area contributed by atoms with Crippen LogP contribution in [0, 0.1) is 0 Å².